The van der Waals surface area contributed by atoms with Crippen LogP contribution >= 0.6 is 0 Å². The van der Waals surface area contributed by atoms with Gasteiger partial charge in [-0.1, -0.05) is 42.5 Å². The maximum atomic E-state index is 12.6. The average Bonchev–Trinajstić information content (AvgIpc) is 3.02. The van der Waals surface area contributed by atoms with Crippen LogP contribution in [0.1, 0.15) is 12.5 Å². The Bertz CT molecular complexity index is 1210. The minimum atomic E-state index is -0.436. The van der Waals surface area contributed by atoms with E-state index in [1.165, 1.54) is 31.4 Å². The van der Waals surface area contributed by atoms with Gasteiger partial charge in [-0.05, 0) is 48.0 Å². The molecule has 0 aliphatic heterocycles. The van der Waals surface area contributed by atoms with Crippen molar-refractivity contribution in [2.75, 3.05) is 10.6 Å². The molecule has 3 aromatic rings. The van der Waals surface area contributed by atoms with Gasteiger partial charge in [0.2, 0.25) is 10.9 Å². The predicted octanol–water partition coefficient (Wildman–Crippen LogP) is 4.43. The number of anilines is 4. The number of esters is 1. The maximum absolute atomic E-state index is 12.6. The Labute approximate surface area is 173 Å². The van der Waals surface area contributed by atoms with Gasteiger partial charge in [0.15, 0.2) is 0 Å². The molecule has 0 amide bonds. The van der Waals surface area contributed by atoms with Gasteiger partial charge in [0, 0.05) is 6.92 Å². The zero-order valence-corrected chi connectivity index (χ0v) is 16.3. The number of hydrogen-bond donors (Lipinski definition) is 2. The van der Waals surface area contributed by atoms with Gasteiger partial charge in [0.25, 0.3) is 0 Å². The summed E-state index contributed by atoms with van der Waals surface area (Å²) < 4.78 is 4.76. The molecule has 0 saturated carbocycles. The number of rotatable bonds is 6. The fourth-order valence-electron chi connectivity index (χ4n) is 2.66. The summed E-state index contributed by atoms with van der Waals surface area (Å²) in [6, 6.07) is 22.2. The van der Waals surface area contributed by atoms with Crippen LogP contribution in [0.2, 0.25) is 0 Å². The highest BCUT2D eigenvalue weighted by Gasteiger charge is 2.06. The number of para-hydroxylation sites is 2. The lowest BCUT2D eigenvalue weighted by atomic mass is 10.2. The topological polar surface area (TPSA) is 84.5 Å². The van der Waals surface area contributed by atoms with Gasteiger partial charge in [0.1, 0.15) is 0 Å². The van der Waals surface area contributed by atoms with Gasteiger partial charge in [0.05, 0.1) is 29.0 Å². The van der Waals surface area contributed by atoms with E-state index in [0.29, 0.717) is 28.3 Å². The summed E-state index contributed by atoms with van der Waals surface area (Å²) in [6.45, 7) is 1.30. The van der Waals surface area contributed by atoms with E-state index in [9.17, 15) is 14.4 Å². The Morgan fingerprint density at radius 1 is 0.733 bits per heavy atom. The molecule has 0 unspecified atom stereocenters. The monoisotopic (exact) mass is 400 g/mol. The van der Waals surface area contributed by atoms with Crippen molar-refractivity contribution in [2.45, 2.75) is 6.92 Å². The van der Waals surface area contributed by atoms with Crippen molar-refractivity contribution < 1.29 is 9.53 Å². The summed E-state index contributed by atoms with van der Waals surface area (Å²) in [4.78, 5) is 35.7. The van der Waals surface area contributed by atoms with Crippen molar-refractivity contribution in [1.29, 1.82) is 0 Å². The summed E-state index contributed by atoms with van der Waals surface area (Å²) >= 11 is 0. The van der Waals surface area contributed by atoms with E-state index in [0.717, 1.165) is 0 Å². The molecule has 0 spiro atoms. The third kappa shape index (κ3) is 5.65. The van der Waals surface area contributed by atoms with Crippen LogP contribution in [0.5, 0.6) is 0 Å². The van der Waals surface area contributed by atoms with Crippen LogP contribution in [-0.2, 0) is 9.53 Å². The van der Waals surface area contributed by atoms with Gasteiger partial charge in [-0.25, -0.2) is 0 Å². The number of hydrogen-bond acceptors (Lipinski definition) is 6. The van der Waals surface area contributed by atoms with Crippen molar-refractivity contribution in [3.63, 3.8) is 0 Å². The van der Waals surface area contributed by atoms with Crippen LogP contribution < -0.4 is 21.5 Å². The van der Waals surface area contributed by atoms with E-state index in [4.69, 9.17) is 4.74 Å². The smallest absolute Gasteiger partial charge is 0.307 e. The molecule has 0 aromatic heterocycles. The van der Waals surface area contributed by atoms with E-state index in [-0.39, 0.29) is 10.9 Å². The van der Waals surface area contributed by atoms with Gasteiger partial charge in [-0.3, -0.25) is 14.4 Å². The maximum Gasteiger partial charge on any atom is 0.307 e. The van der Waals surface area contributed by atoms with Crippen LogP contribution in [-0.4, -0.2) is 5.97 Å². The molecule has 3 aromatic carbocycles. The van der Waals surface area contributed by atoms with Crippen LogP contribution in [0.15, 0.2) is 94.7 Å². The molecule has 2 N–H and O–H groups in total. The molecule has 0 radical (unpaired) electrons. The van der Waals surface area contributed by atoms with Crippen molar-refractivity contribution in [3.05, 3.63) is 111 Å². The second kappa shape index (κ2) is 9.84. The molecule has 6 heteroatoms. The molecular weight excluding hydrogens is 380 g/mol. The van der Waals surface area contributed by atoms with E-state index in [1.807, 2.05) is 24.3 Å². The average molecular weight is 400 g/mol. The SMILES string of the molecule is CC(=O)O/C=C/c1cccc(Nc2ccccc2Nc2cccccc2=O)c(=O)c1. The van der Waals surface area contributed by atoms with Gasteiger partial charge < -0.3 is 15.4 Å². The molecule has 150 valence electrons. The number of carbonyl (C=O) groups is 1. The normalized spacial score (nSPS) is 10.4. The third-order valence-corrected chi connectivity index (χ3v) is 4.07. The number of ether oxygens (including phenoxy) is 1. The lowest BCUT2D eigenvalue weighted by molar-refractivity contribution is -0.135. The Morgan fingerprint density at radius 3 is 2.00 bits per heavy atom. The first-order valence-electron chi connectivity index (χ1n) is 9.23. The third-order valence-electron chi connectivity index (χ3n) is 4.07. The van der Waals surface area contributed by atoms with Gasteiger partial charge in [-0.15, -0.1) is 0 Å². The predicted molar refractivity (Wildman–Crippen MR) is 119 cm³/mol. The lowest BCUT2D eigenvalue weighted by Gasteiger charge is -2.12. The second-order valence-corrected chi connectivity index (χ2v) is 6.34. The van der Waals surface area contributed by atoms with Gasteiger partial charge >= 0.3 is 5.97 Å². The standard InChI is InChI=1S/C24H20N2O4/c1-17(27)30-15-14-18-8-7-12-22(24(29)16-18)26-20-10-6-5-9-19(20)25-21-11-3-2-4-13-23(21)28/h2-16H,1H3,(H,25,28)(H,26,29)/b15-14+. The summed E-state index contributed by atoms with van der Waals surface area (Å²) in [5.74, 6) is -0.436. The van der Waals surface area contributed by atoms with Crippen molar-refractivity contribution in [3.8, 4) is 0 Å². The zero-order valence-electron chi connectivity index (χ0n) is 16.3. The fraction of sp³-hybridized carbons (Fsp3) is 0.0417. The Balaban J connectivity index is 1.89. The first-order chi connectivity index (χ1) is 14.5. The van der Waals surface area contributed by atoms with E-state index in [1.54, 1.807) is 42.5 Å². The highest BCUT2D eigenvalue weighted by atomic mass is 16.5. The molecular formula is C24H20N2O4. The van der Waals surface area contributed by atoms with Crippen molar-refractivity contribution in [1.82, 2.24) is 0 Å². The molecule has 0 saturated heterocycles. The summed E-state index contributed by atoms with van der Waals surface area (Å²) in [5.41, 5.74) is 2.28. The van der Waals surface area contributed by atoms with E-state index < -0.39 is 5.97 Å². The van der Waals surface area contributed by atoms with E-state index in [2.05, 4.69) is 10.6 Å². The summed E-state index contributed by atoms with van der Waals surface area (Å²) in [7, 11) is 0. The quantitative estimate of drug-likeness (QED) is 0.470. The number of carbonyl (C=O) groups excluding carboxylic acids is 1. The largest absolute Gasteiger partial charge is 0.435 e. The van der Waals surface area contributed by atoms with Crippen LogP contribution in [0.25, 0.3) is 6.08 Å². The molecule has 0 atom stereocenters. The highest BCUT2D eigenvalue weighted by molar-refractivity contribution is 5.78. The molecule has 0 aliphatic carbocycles. The van der Waals surface area contributed by atoms with Crippen LogP contribution in [0.3, 0.4) is 0 Å². The lowest BCUT2D eigenvalue weighted by Crippen LogP contribution is -2.08. The number of nitrogens with one attached hydrogen (secondary N) is 2. The molecule has 0 aliphatic rings. The molecule has 0 heterocycles. The van der Waals surface area contributed by atoms with E-state index >= 15 is 0 Å². The van der Waals surface area contributed by atoms with Gasteiger partial charge in [-0.2, -0.15) is 0 Å². The Kier molecular flexibility index (Phi) is 6.74. The molecule has 0 bridgehead atoms. The van der Waals surface area contributed by atoms with Crippen LogP contribution in [0, 0.1) is 0 Å². The minimum absolute atomic E-state index is 0.144. The molecule has 3 rings (SSSR count). The Morgan fingerprint density at radius 2 is 1.30 bits per heavy atom. The minimum Gasteiger partial charge on any atom is -0.435 e. The van der Waals surface area contributed by atoms with Crippen molar-refractivity contribution >= 4 is 34.8 Å². The summed E-state index contributed by atoms with van der Waals surface area (Å²) in [6.07, 6.45) is 2.77. The number of benzene rings is 1. The summed E-state index contributed by atoms with van der Waals surface area (Å²) in [5, 5.41) is 6.24. The van der Waals surface area contributed by atoms with Crippen molar-refractivity contribution in [2.24, 2.45) is 0 Å². The second-order valence-electron chi connectivity index (χ2n) is 6.34. The first-order valence-corrected chi connectivity index (χ1v) is 9.23. The molecule has 6 nitrogen and oxygen atoms in total. The highest BCUT2D eigenvalue weighted by Crippen LogP contribution is 2.26. The van der Waals surface area contributed by atoms with Crippen LogP contribution in [0.4, 0.5) is 22.7 Å². The Hall–Kier alpha value is -4.19. The fourth-order valence-corrected chi connectivity index (χ4v) is 2.66. The molecule has 30 heavy (non-hydrogen) atoms. The zero-order chi connectivity index (χ0) is 21.3. The molecule has 0 fully saturated rings. The first kappa shape index (κ1) is 20.5.